The molecule has 18 heavy (non-hydrogen) atoms. The zero-order valence-corrected chi connectivity index (χ0v) is 13.6. The van der Waals surface area contributed by atoms with Crippen LogP contribution in [0.15, 0.2) is 0 Å². The SMILES string of the molecule is CCCC1CCC(Br)C(CCOCCCOC)C1. The Hall–Kier alpha value is 0.400. The highest BCUT2D eigenvalue weighted by Crippen LogP contribution is 2.37. The molecule has 3 unspecified atom stereocenters. The fourth-order valence-electron chi connectivity index (χ4n) is 2.94. The van der Waals surface area contributed by atoms with Crippen LogP contribution in [0.25, 0.3) is 0 Å². The lowest BCUT2D eigenvalue weighted by atomic mass is 9.78. The van der Waals surface area contributed by atoms with Gasteiger partial charge in [0.05, 0.1) is 0 Å². The van der Waals surface area contributed by atoms with E-state index in [-0.39, 0.29) is 0 Å². The minimum atomic E-state index is 0.716. The predicted molar refractivity (Wildman–Crippen MR) is 80.4 cm³/mol. The van der Waals surface area contributed by atoms with Crippen molar-refractivity contribution in [1.82, 2.24) is 0 Å². The van der Waals surface area contributed by atoms with Crippen molar-refractivity contribution < 1.29 is 9.47 Å². The summed E-state index contributed by atoms with van der Waals surface area (Å²) in [6.45, 7) is 4.86. The molecule has 2 nitrogen and oxygen atoms in total. The van der Waals surface area contributed by atoms with Gasteiger partial charge in [-0.1, -0.05) is 35.7 Å². The Kier molecular flexibility index (Phi) is 9.34. The zero-order chi connectivity index (χ0) is 13.2. The molecule has 1 aliphatic rings. The Morgan fingerprint density at radius 1 is 1.11 bits per heavy atom. The maximum Gasteiger partial charge on any atom is 0.0487 e. The van der Waals surface area contributed by atoms with Crippen LogP contribution in [0.2, 0.25) is 0 Å². The normalized spacial score (nSPS) is 28.5. The van der Waals surface area contributed by atoms with E-state index in [1.54, 1.807) is 7.11 Å². The molecule has 108 valence electrons. The first-order valence-corrected chi connectivity index (χ1v) is 8.40. The summed E-state index contributed by atoms with van der Waals surface area (Å²) in [5.74, 6) is 1.78. The number of methoxy groups -OCH3 is 1. The van der Waals surface area contributed by atoms with Gasteiger partial charge in [0.1, 0.15) is 0 Å². The quantitative estimate of drug-likeness (QED) is 0.463. The average molecular weight is 321 g/mol. The van der Waals surface area contributed by atoms with Crippen molar-refractivity contribution in [3.8, 4) is 0 Å². The Balaban J connectivity index is 2.10. The maximum absolute atomic E-state index is 5.68. The molecule has 0 heterocycles. The van der Waals surface area contributed by atoms with Gasteiger partial charge < -0.3 is 9.47 Å². The lowest BCUT2D eigenvalue weighted by molar-refractivity contribution is 0.0874. The van der Waals surface area contributed by atoms with Gasteiger partial charge in [0, 0.05) is 31.8 Å². The zero-order valence-electron chi connectivity index (χ0n) is 12.0. The highest BCUT2D eigenvalue weighted by molar-refractivity contribution is 9.09. The summed E-state index contributed by atoms with van der Waals surface area (Å²) in [6.07, 6.45) is 9.11. The van der Waals surface area contributed by atoms with Crippen molar-refractivity contribution in [1.29, 1.82) is 0 Å². The second-order valence-electron chi connectivity index (χ2n) is 5.49. The summed E-state index contributed by atoms with van der Waals surface area (Å²) < 4.78 is 10.7. The second kappa shape index (κ2) is 10.2. The first kappa shape index (κ1) is 16.5. The van der Waals surface area contributed by atoms with Crippen molar-refractivity contribution >= 4 is 15.9 Å². The standard InChI is InChI=1S/C15H29BrO2/c1-3-5-13-6-7-15(16)14(12-13)8-11-18-10-4-9-17-2/h13-15H,3-12H2,1-2H3. The summed E-state index contributed by atoms with van der Waals surface area (Å²) in [5.41, 5.74) is 0. The van der Waals surface area contributed by atoms with E-state index in [1.165, 1.54) is 38.5 Å². The van der Waals surface area contributed by atoms with Crippen LogP contribution in [0.1, 0.15) is 51.9 Å². The summed E-state index contributed by atoms with van der Waals surface area (Å²) in [7, 11) is 1.74. The van der Waals surface area contributed by atoms with Crippen LogP contribution in [0.4, 0.5) is 0 Å². The molecule has 1 saturated carbocycles. The van der Waals surface area contributed by atoms with E-state index >= 15 is 0 Å². The molecule has 0 aliphatic heterocycles. The lowest BCUT2D eigenvalue weighted by Gasteiger charge is -2.33. The molecule has 0 aromatic heterocycles. The summed E-state index contributed by atoms with van der Waals surface area (Å²) >= 11 is 3.85. The van der Waals surface area contributed by atoms with Gasteiger partial charge in [-0.05, 0) is 43.9 Å². The lowest BCUT2D eigenvalue weighted by Crippen LogP contribution is -2.26. The van der Waals surface area contributed by atoms with Crippen molar-refractivity contribution in [3.05, 3.63) is 0 Å². The molecule has 0 amide bonds. The first-order chi connectivity index (χ1) is 8.77. The van der Waals surface area contributed by atoms with E-state index < -0.39 is 0 Å². The van der Waals surface area contributed by atoms with Gasteiger partial charge in [0.15, 0.2) is 0 Å². The maximum atomic E-state index is 5.68. The van der Waals surface area contributed by atoms with Crippen molar-refractivity contribution in [2.45, 2.75) is 56.7 Å². The van der Waals surface area contributed by atoms with Gasteiger partial charge in [0.2, 0.25) is 0 Å². The number of hydrogen-bond donors (Lipinski definition) is 0. The van der Waals surface area contributed by atoms with Crippen molar-refractivity contribution in [3.63, 3.8) is 0 Å². The smallest absolute Gasteiger partial charge is 0.0487 e. The Morgan fingerprint density at radius 3 is 2.67 bits per heavy atom. The molecule has 0 radical (unpaired) electrons. The monoisotopic (exact) mass is 320 g/mol. The van der Waals surface area contributed by atoms with Gasteiger partial charge >= 0.3 is 0 Å². The van der Waals surface area contributed by atoms with E-state index in [0.717, 1.165) is 38.1 Å². The fourth-order valence-corrected chi connectivity index (χ4v) is 3.68. The van der Waals surface area contributed by atoms with Crippen molar-refractivity contribution in [2.75, 3.05) is 26.9 Å². The van der Waals surface area contributed by atoms with Crippen molar-refractivity contribution in [2.24, 2.45) is 11.8 Å². The predicted octanol–water partition coefficient (Wildman–Crippen LogP) is 4.41. The third-order valence-corrected chi connectivity index (χ3v) is 5.17. The van der Waals surface area contributed by atoms with Crippen LogP contribution in [-0.4, -0.2) is 31.8 Å². The van der Waals surface area contributed by atoms with Crippen LogP contribution in [0.5, 0.6) is 0 Å². The minimum Gasteiger partial charge on any atom is -0.385 e. The Labute approximate surface area is 121 Å². The second-order valence-corrected chi connectivity index (χ2v) is 6.67. The Bertz CT molecular complexity index is 199. The van der Waals surface area contributed by atoms with E-state index in [2.05, 4.69) is 22.9 Å². The van der Waals surface area contributed by atoms with E-state index in [0.29, 0.717) is 4.83 Å². The van der Waals surface area contributed by atoms with Gasteiger partial charge in [0.25, 0.3) is 0 Å². The fraction of sp³-hybridized carbons (Fsp3) is 1.00. The number of ether oxygens (including phenoxy) is 2. The molecule has 0 spiro atoms. The average Bonchev–Trinajstić information content (AvgIpc) is 2.37. The Morgan fingerprint density at radius 2 is 1.94 bits per heavy atom. The molecule has 3 heteroatoms. The molecule has 3 atom stereocenters. The van der Waals surface area contributed by atoms with Gasteiger partial charge in [-0.2, -0.15) is 0 Å². The molecule has 0 bridgehead atoms. The molecule has 0 saturated heterocycles. The van der Waals surface area contributed by atoms with Crippen LogP contribution in [-0.2, 0) is 9.47 Å². The molecule has 0 N–H and O–H groups in total. The van der Waals surface area contributed by atoms with E-state index in [1.807, 2.05) is 0 Å². The van der Waals surface area contributed by atoms with Gasteiger partial charge in [-0.3, -0.25) is 0 Å². The molecule has 1 fully saturated rings. The summed E-state index contributed by atoms with van der Waals surface area (Å²) in [4.78, 5) is 0.716. The third-order valence-electron chi connectivity index (χ3n) is 3.97. The summed E-state index contributed by atoms with van der Waals surface area (Å²) in [5, 5.41) is 0. The molecule has 1 aliphatic carbocycles. The highest BCUT2D eigenvalue weighted by Gasteiger charge is 2.27. The molecular weight excluding hydrogens is 292 g/mol. The molecule has 1 rings (SSSR count). The van der Waals surface area contributed by atoms with E-state index in [9.17, 15) is 0 Å². The van der Waals surface area contributed by atoms with Crippen LogP contribution < -0.4 is 0 Å². The van der Waals surface area contributed by atoms with Crippen LogP contribution in [0.3, 0.4) is 0 Å². The van der Waals surface area contributed by atoms with Crippen LogP contribution in [0, 0.1) is 11.8 Å². The number of alkyl halides is 1. The molecular formula is C15H29BrO2. The largest absolute Gasteiger partial charge is 0.385 e. The number of halogens is 1. The number of rotatable bonds is 9. The minimum absolute atomic E-state index is 0.716. The molecule has 0 aromatic rings. The van der Waals surface area contributed by atoms with Crippen LogP contribution >= 0.6 is 15.9 Å². The van der Waals surface area contributed by atoms with E-state index in [4.69, 9.17) is 9.47 Å². The summed E-state index contributed by atoms with van der Waals surface area (Å²) in [6, 6.07) is 0. The first-order valence-electron chi connectivity index (χ1n) is 7.48. The highest BCUT2D eigenvalue weighted by atomic mass is 79.9. The molecule has 0 aromatic carbocycles. The number of hydrogen-bond acceptors (Lipinski definition) is 2. The third kappa shape index (κ3) is 6.53. The topological polar surface area (TPSA) is 18.5 Å². The van der Waals surface area contributed by atoms with Gasteiger partial charge in [-0.25, -0.2) is 0 Å². The van der Waals surface area contributed by atoms with Gasteiger partial charge in [-0.15, -0.1) is 0 Å².